The van der Waals surface area contributed by atoms with Crippen molar-refractivity contribution in [1.82, 2.24) is 9.62 Å². The third kappa shape index (κ3) is 3.80. The molecule has 1 aromatic carbocycles. The largest absolute Gasteiger partial charge is 0.355 e. The highest BCUT2D eigenvalue weighted by Gasteiger charge is 2.29. The molecule has 9 heteroatoms. The lowest BCUT2D eigenvalue weighted by molar-refractivity contribution is -0.385. The predicted octanol–water partition coefficient (Wildman–Crippen LogP) is 1.05. The molecule has 1 amide bonds. The Labute approximate surface area is 129 Å². The van der Waals surface area contributed by atoms with E-state index in [1.54, 1.807) is 13.8 Å². The summed E-state index contributed by atoms with van der Waals surface area (Å²) in [7, 11) is -3.98. The zero-order chi connectivity index (χ0) is 16.9. The number of amides is 1. The van der Waals surface area contributed by atoms with Crippen molar-refractivity contribution < 1.29 is 18.1 Å². The molecular formula is C13H19N3O5S. The molecule has 0 saturated carbocycles. The first-order valence-electron chi connectivity index (χ1n) is 6.76. The second-order valence-corrected chi connectivity index (χ2v) is 6.45. The summed E-state index contributed by atoms with van der Waals surface area (Å²) in [5.74, 6) is -0.420. The zero-order valence-corrected chi connectivity index (χ0v) is 13.5. The SMILES string of the molecule is CCNC(=O)CN(CC)S(=O)(=O)c1cccc([N+](=O)[O-])c1C. The number of hydrogen-bond acceptors (Lipinski definition) is 5. The number of carbonyl (C=O) groups excluding carboxylic acids is 1. The number of benzene rings is 1. The van der Waals surface area contributed by atoms with Gasteiger partial charge in [0.05, 0.1) is 16.4 Å². The Morgan fingerprint density at radius 1 is 1.36 bits per heavy atom. The van der Waals surface area contributed by atoms with E-state index in [0.717, 1.165) is 4.31 Å². The molecule has 0 bridgehead atoms. The number of hydrogen-bond donors (Lipinski definition) is 1. The van der Waals surface area contributed by atoms with Crippen LogP contribution in [-0.4, -0.2) is 43.2 Å². The summed E-state index contributed by atoms with van der Waals surface area (Å²) in [5, 5.41) is 13.5. The van der Waals surface area contributed by atoms with E-state index in [2.05, 4.69) is 5.32 Å². The maximum Gasteiger partial charge on any atom is 0.273 e. The van der Waals surface area contributed by atoms with Crippen LogP contribution in [0.25, 0.3) is 0 Å². The predicted molar refractivity (Wildman–Crippen MR) is 80.9 cm³/mol. The van der Waals surface area contributed by atoms with Crippen molar-refractivity contribution in [2.24, 2.45) is 0 Å². The molecule has 0 aliphatic heterocycles. The van der Waals surface area contributed by atoms with E-state index < -0.39 is 20.9 Å². The first-order valence-corrected chi connectivity index (χ1v) is 8.20. The minimum atomic E-state index is -3.98. The Morgan fingerprint density at radius 2 is 2.00 bits per heavy atom. The van der Waals surface area contributed by atoms with Crippen LogP contribution in [0.5, 0.6) is 0 Å². The Morgan fingerprint density at radius 3 is 2.50 bits per heavy atom. The monoisotopic (exact) mass is 329 g/mol. The molecule has 0 atom stereocenters. The first kappa shape index (κ1) is 18.1. The quantitative estimate of drug-likeness (QED) is 0.594. The zero-order valence-electron chi connectivity index (χ0n) is 12.7. The van der Waals surface area contributed by atoms with Crippen LogP contribution in [0, 0.1) is 17.0 Å². The van der Waals surface area contributed by atoms with Crippen LogP contribution in [0.15, 0.2) is 23.1 Å². The van der Waals surface area contributed by atoms with Crippen molar-refractivity contribution >= 4 is 21.6 Å². The lowest BCUT2D eigenvalue weighted by Crippen LogP contribution is -2.40. The second-order valence-electron chi connectivity index (χ2n) is 4.54. The Balaban J connectivity index is 3.25. The molecule has 0 fully saturated rings. The molecular weight excluding hydrogens is 310 g/mol. The molecule has 22 heavy (non-hydrogen) atoms. The number of likely N-dealkylation sites (N-methyl/N-ethyl adjacent to an activating group) is 2. The number of nitrogens with zero attached hydrogens (tertiary/aromatic N) is 2. The summed E-state index contributed by atoms with van der Waals surface area (Å²) in [5.41, 5.74) is -0.211. The average molecular weight is 329 g/mol. The molecule has 1 N–H and O–H groups in total. The lowest BCUT2D eigenvalue weighted by atomic mass is 10.2. The van der Waals surface area contributed by atoms with Gasteiger partial charge in [0.25, 0.3) is 5.69 Å². The van der Waals surface area contributed by atoms with Gasteiger partial charge in [0, 0.05) is 24.7 Å². The van der Waals surface area contributed by atoms with Gasteiger partial charge in [0.1, 0.15) is 0 Å². The molecule has 0 radical (unpaired) electrons. The number of rotatable bonds is 7. The summed E-state index contributed by atoms with van der Waals surface area (Å²) in [6.45, 7) is 4.87. The van der Waals surface area contributed by atoms with Gasteiger partial charge in [-0.05, 0) is 19.9 Å². The Hall–Kier alpha value is -2.00. The third-order valence-electron chi connectivity index (χ3n) is 3.12. The maximum atomic E-state index is 12.6. The van der Waals surface area contributed by atoms with Crippen molar-refractivity contribution in [3.05, 3.63) is 33.9 Å². The van der Waals surface area contributed by atoms with E-state index in [1.807, 2.05) is 0 Å². The van der Waals surface area contributed by atoms with Crippen molar-refractivity contribution in [2.75, 3.05) is 19.6 Å². The van der Waals surface area contributed by atoms with Gasteiger partial charge in [-0.3, -0.25) is 14.9 Å². The maximum absolute atomic E-state index is 12.6. The summed E-state index contributed by atoms with van der Waals surface area (Å²) in [4.78, 5) is 21.8. The van der Waals surface area contributed by atoms with E-state index in [4.69, 9.17) is 0 Å². The van der Waals surface area contributed by atoms with Crippen molar-refractivity contribution in [3.8, 4) is 0 Å². The van der Waals surface area contributed by atoms with Crippen LogP contribution in [0.4, 0.5) is 5.69 Å². The van der Waals surface area contributed by atoms with Gasteiger partial charge < -0.3 is 5.32 Å². The molecule has 0 heterocycles. The fraction of sp³-hybridized carbons (Fsp3) is 0.462. The molecule has 0 aromatic heterocycles. The molecule has 0 spiro atoms. The molecule has 0 saturated heterocycles. The van der Waals surface area contributed by atoms with Gasteiger partial charge in [-0.15, -0.1) is 0 Å². The van der Waals surface area contributed by atoms with Crippen LogP contribution < -0.4 is 5.32 Å². The fourth-order valence-electron chi connectivity index (χ4n) is 2.00. The molecule has 0 aliphatic rings. The van der Waals surface area contributed by atoms with Crippen molar-refractivity contribution in [3.63, 3.8) is 0 Å². The smallest absolute Gasteiger partial charge is 0.273 e. The number of nitrogens with one attached hydrogen (secondary N) is 1. The second kappa shape index (κ2) is 7.32. The number of nitro benzene ring substituents is 1. The highest BCUT2D eigenvalue weighted by molar-refractivity contribution is 7.89. The average Bonchev–Trinajstić information content (AvgIpc) is 2.44. The fourth-order valence-corrected chi connectivity index (χ4v) is 3.65. The van der Waals surface area contributed by atoms with Crippen molar-refractivity contribution in [2.45, 2.75) is 25.7 Å². The van der Waals surface area contributed by atoms with E-state index in [-0.39, 0.29) is 29.2 Å². The van der Waals surface area contributed by atoms with Crippen LogP contribution >= 0.6 is 0 Å². The van der Waals surface area contributed by atoms with Gasteiger partial charge >= 0.3 is 0 Å². The molecule has 0 unspecified atom stereocenters. The van der Waals surface area contributed by atoms with E-state index in [1.165, 1.54) is 25.1 Å². The lowest BCUT2D eigenvalue weighted by Gasteiger charge is -2.20. The molecule has 8 nitrogen and oxygen atoms in total. The summed E-state index contributed by atoms with van der Waals surface area (Å²) >= 11 is 0. The molecule has 1 aromatic rings. The van der Waals surface area contributed by atoms with E-state index in [9.17, 15) is 23.3 Å². The van der Waals surface area contributed by atoms with Crippen LogP contribution in [-0.2, 0) is 14.8 Å². The minimum Gasteiger partial charge on any atom is -0.355 e. The minimum absolute atomic E-state index is 0.0573. The summed E-state index contributed by atoms with van der Waals surface area (Å²) in [6, 6.07) is 3.87. The van der Waals surface area contributed by atoms with Crippen LogP contribution in [0.1, 0.15) is 19.4 Å². The number of nitro groups is 1. The van der Waals surface area contributed by atoms with Crippen molar-refractivity contribution in [1.29, 1.82) is 0 Å². The number of carbonyl (C=O) groups is 1. The summed E-state index contributed by atoms with van der Waals surface area (Å²) in [6.07, 6.45) is 0. The highest BCUT2D eigenvalue weighted by Crippen LogP contribution is 2.26. The topological polar surface area (TPSA) is 110 Å². The molecule has 0 aliphatic carbocycles. The molecule has 122 valence electrons. The van der Waals surface area contributed by atoms with Crippen LogP contribution in [0.3, 0.4) is 0 Å². The normalized spacial score (nSPS) is 11.5. The first-order chi connectivity index (χ1) is 10.3. The Bertz CT molecular complexity index is 672. The third-order valence-corrected chi connectivity index (χ3v) is 5.18. The molecule has 1 rings (SSSR count). The van der Waals surface area contributed by atoms with Gasteiger partial charge in [0.15, 0.2) is 0 Å². The van der Waals surface area contributed by atoms with Gasteiger partial charge in [0.2, 0.25) is 15.9 Å². The van der Waals surface area contributed by atoms with E-state index >= 15 is 0 Å². The summed E-state index contributed by atoms with van der Waals surface area (Å²) < 4.78 is 26.2. The number of sulfonamides is 1. The highest BCUT2D eigenvalue weighted by atomic mass is 32.2. The van der Waals surface area contributed by atoms with Gasteiger partial charge in [-0.2, -0.15) is 4.31 Å². The van der Waals surface area contributed by atoms with Gasteiger partial charge in [-0.1, -0.05) is 13.0 Å². The standard InChI is InChI=1S/C13H19N3O5S/c1-4-14-13(17)9-15(5-2)22(20,21)12-8-6-7-11(10(12)3)16(18)19/h6-8H,4-5,9H2,1-3H3,(H,14,17). The van der Waals surface area contributed by atoms with Gasteiger partial charge in [-0.25, -0.2) is 8.42 Å². The van der Waals surface area contributed by atoms with Crippen LogP contribution in [0.2, 0.25) is 0 Å². The Kier molecular flexibility index (Phi) is 6.01. The van der Waals surface area contributed by atoms with E-state index in [0.29, 0.717) is 6.54 Å².